The lowest BCUT2D eigenvalue weighted by Crippen LogP contribution is -2.43. The normalized spacial score (nSPS) is 17.1. The van der Waals surface area contributed by atoms with Gasteiger partial charge in [0.2, 0.25) is 5.91 Å². The van der Waals surface area contributed by atoms with Crippen LogP contribution in [0, 0.1) is 11.7 Å². The fraction of sp³-hybridized carbons (Fsp3) is 0.379. The Morgan fingerprint density at radius 1 is 1.06 bits per heavy atom. The van der Waals surface area contributed by atoms with Crippen LogP contribution in [0.3, 0.4) is 0 Å². The Balaban J connectivity index is 1.44. The van der Waals surface area contributed by atoms with Gasteiger partial charge in [-0.15, -0.1) is 0 Å². The minimum absolute atomic E-state index is 0.0595. The molecule has 1 aliphatic heterocycles. The van der Waals surface area contributed by atoms with Gasteiger partial charge < -0.3 is 14.4 Å². The standard InChI is InChI=1S/C29H33FN2O3/c1-29(2)19-25(13-17-35-29)28(33)32(20-23-10-14-31-15-11-23)21-24-4-3-5-27(18-24)34-16-12-22-6-8-26(30)9-7-22/h3-11,14-15,18,25H,12-13,16-17,19-21H2,1-2H3/t25-/m0/s1. The summed E-state index contributed by atoms with van der Waals surface area (Å²) in [5.74, 6) is 0.613. The number of rotatable bonds is 9. The summed E-state index contributed by atoms with van der Waals surface area (Å²) in [7, 11) is 0. The van der Waals surface area contributed by atoms with Crippen molar-refractivity contribution in [3.8, 4) is 5.75 Å². The van der Waals surface area contributed by atoms with Crippen molar-refractivity contribution >= 4 is 5.91 Å². The monoisotopic (exact) mass is 476 g/mol. The van der Waals surface area contributed by atoms with Crippen molar-refractivity contribution in [1.82, 2.24) is 9.88 Å². The molecule has 0 N–H and O–H groups in total. The zero-order chi connectivity index (χ0) is 24.7. The van der Waals surface area contributed by atoms with Crippen LogP contribution in [0.5, 0.6) is 5.75 Å². The first-order valence-electron chi connectivity index (χ1n) is 12.2. The number of hydrogen-bond donors (Lipinski definition) is 0. The lowest BCUT2D eigenvalue weighted by molar-refractivity contribution is -0.146. The summed E-state index contributed by atoms with van der Waals surface area (Å²) < 4.78 is 24.9. The molecule has 0 unspecified atom stereocenters. The molecule has 0 radical (unpaired) electrons. The van der Waals surface area contributed by atoms with Gasteiger partial charge in [0.05, 0.1) is 12.2 Å². The predicted octanol–water partition coefficient (Wildman–Crippen LogP) is 5.58. The number of nitrogens with zero attached hydrogens (tertiary/aromatic N) is 2. The molecule has 1 fully saturated rings. The molecule has 0 bridgehead atoms. The molecule has 1 amide bonds. The number of pyridine rings is 1. The number of aromatic nitrogens is 1. The van der Waals surface area contributed by atoms with E-state index in [-0.39, 0.29) is 23.2 Å². The minimum Gasteiger partial charge on any atom is -0.493 e. The largest absolute Gasteiger partial charge is 0.493 e. The highest BCUT2D eigenvalue weighted by Gasteiger charge is 2.35. The third-order valence-electron chi connectivity index (χ3n) is 6.33. The Hall–Kier alpha value is -3.25. The minimum atomic E-state index is -0.292. The topological polar surface area (TPSA) is 51.7 Å². The zero-order valence-corrected chi connectivity index (χ0v) is 20.5. The predicted molar refractivity (Wildman–Crippen MR) is 133 cm³/mol. The van der Waals surface area contributed by atoms with Gasteiger partial charge in [0.1, 0.15) is 11.6 Å². The number of carbonyl (C=O) groups excluding carboxylic acids is 1. The quantitative estimate of drug-likeness (QED) is 0.405. The molecule has 1 aromatic heterocycles. The van der Waals surface area contributed by atoms with E-state index in [0.29, 0.717) is 39.1 Å². The molecule has 0 aliphatic carbocycles. The molecule has 2 aromatic carbocycles. The maximum absolute atomic E-state index is 13.6. The van der Waals surface area contributed by atoms with Crippen molar-refractivity contribution in [3.63, 3.8) is 0 Å². The number of benzene rings is 2. The fourth-order valence-electron chi connectivity index (χ4n) is 4.51. The lowest BCUT2D eigenvalue weighted by Gasteiger charge is -2.37. The summed E-state index contributed by atoms with van der Waals surface area (Å²) in [6.45, 7) is 6.21. The smallest absolute Gasteiger partial charge is 0.226 e. The SMILES string of the molecule is CC1(C)C[C@@H](C(=O)N(Cc2ccncc2)Cc2cccc(OCCc3ccc(F)cc3)c2)CCO1. The second kappa shape index (κ2) is 11.5. The first kappa shape index (κ1) is 24.9. The van der Waals surface area contributed by atoms with Crippen molar-refractivity contribution in [1.29, 1.82) is 0 Å². The van der Waals surface area contributed by atoms with Crippen molar-refractivity contribution < 1.29 is 18.7 Å². The van der Waals surface area contributed by atoms with E-state index < -0.39 is 0 Å². The van der Waals surface area contributed by atoms with Gasteiger partial charge in [0.25, 0.3) is 0 Å². The summed E-state index contributed by atoms with van der Waals surface area (Å²) >= 11 is 0. The highest BCUT2D eigenvalue weighted by Crippen LogP contribution is 2.31. The van der Waals surface area contributed by atoms with Gasteiger partial charge in [-0.2, -0.15) is 0 Å². The Kier molecular flexibility index (Phi) is 8.13. The Labute approximate surface area is 206 Å². The first-order chi connectivity index (χ1) is 16.9. The van der Waals surface area contributed by atoms with Crippen molar-refractivity contribution in [2.24, 2.45) is 5.92 Å². The summed E-state index contributed by atoms with van der Waals surface area (Å²) in [5, 5.41) is 0. The third kappa shape index (κ3) is 7.36. The van der Waals surface area contributed by atoms with Crippen molar-refractivity contribution in [2.45, 2.75) is 51.8 Å². The average Bonchev–Trinajstić information content (AvgIpc) is 2.85. The summed E-state index contributed by atoms with van der Waals surface area (Å²) in [6.07, 6.45) is 5.65. The van der Waals surface area contributed by atoms with Crippen LogP contribution in [-0.2, 0) is 29.0 Å². The molecule has 184 valence electrons. The Morgan fingerprint density at radius 3 is 2.54 bits per heavy atom. The van der Waals surface area contributed by atoms with E-state index >= 15 is 0 Å². The van der Waals surface area contributed by atoms with Crippen LogP contribution in [0.1, 0.15) is 43.4 Å². The molecule has 35 heavy (non-hydrogen) atoms. The Bertz CT molecular complexity index is 1100. The van der Waals surface area contributed by atoms with Crippen LogP contribution in [0.2, 0.25) is 0 Å². The average molecular weight is 477 g/mol. The summed E-state index contributed by atoms with van der Waals surface area (Å²) in [5.41, 5.74) is 2.79. The molecule has 6 heteroatoms. The summed E-state index contributed by atoms with van der Waals surface area (Å²) in [4.78, 5) is 19.7. The van der Waals surface area contributed by atoms with Crippen LogP contribution < -0.4 is 4.74 Å². The van der Waals surface area contributed by atoms with Crippen molar-refractivity contribution in [2.75, 3.05) is 13.2 Å². The maximum atomic E-state index is 13.6. The highest BCUT2D eigenvalue weighted by atomic mass is 19.1. The number of hydrogen-bond acceptors (Lipinski definition) is 4. The van der Waals surface area contributed by atoms with Gasteiger partial charge >= 0.3 is 0 Å². The fourth-order valence-corrected chi connectivity index (χ4v) is 4.51. The van der Waals surface area contributed by atoms with Crippen LogP contribution in [0.4, 0.5) is 4.39 Å². The van der Waals surface area contributed by atoms with E-state index in [4.69, 9.17) is 9.47 Å². The number of carbonyl (C=O) groups is 1. The van der Waals surface area contributed by atoms with Gasteiger partial charge in [-0.1, -0.05) is 24.3 Å². The third-order valence-corrected chi connectivity index (χ3v) is 6.33. The molecule has 0 saturated carbocycles. The molecule has 2 heterocycles. The molecule has 5 nitrogen and oxygen atoms in total. The maximum Gasteiger partial charge on any atom is 0.226 e. The molecule has 1 aliphatic rings. The van der Waals surface area contributed by atoms with E-state index in [2.05, 4.69) is 4.98 Å². The van der Waals surface area contributed by atoms with Gasteiger partial charge in [0, 0.05) is 44.4 Å². The molecule has 1 saturated heterocycles. The van der Waals surface area contributed by atoms with E-state index in [1.54, 1.807) is 24.5 Å². The Morgan fingerprint density at radius 2 is 1.80 bits per heavy atom. The van der Waals surface area contributed by atoms with E-state index in [1.807, 2.05) is 55.1 Å². The molecule has 4 rings (SSSR count). The van der Waals surface area contributed by atoms with Crippen LogP contribution in [-0.4, -0.2) is 34.6 Å². The number of ether oxygens (including phenoxy) is 2. The second-order valence-electron chi connectivity index (χ2n) is 9.72. The van der Waals surface area contributed by atoms with Gasteiger partial charge in [-0.3, -0.25) is 9.78 Å². The van der Waals surface area contributed by atoms with Gasteiger partial charge in [-0.05, 0) is 79.8 Å². The molecular formula is C29H33FN2O3. The molecule has 1 atom stereocenters. The van der Waals surface area contributed by atoms with Gasteiger partial charge in [0.15, 0.2) is 0 Å². The van der Waals surface area contributed by atoms with Crippen molar-refractivity contribution in [3.05, 3.63) is 95.6 Å². The molecule has 3 aromatic rings. The first-order valence-corrected chi connectivity index (χ1v) is 12.2. The highest BCUT2D eigenvalue weighted by molar-refractivity contribution is 5.79. The van der Waals surface area contributed by atoms with Crippen LogP contribution >= 0.6 is 0 Å². The zero-order valence-electron chi connectivity index (χ0n) is 20.5. The second-order valence-corrected chi connectivity index (χ2v) is 9.72. The van der Waals surface area contributed by atoms with E-state index in [0.717, 1.165) is 28.9 Å². The summed E-state index contributed by atoms with van der Waals surface area (Å²) in [6, 6.07) is 18.3. The van der Waals surface area contributed by atoms with Crippen LogP contribution in [0.15, 0.2) is 73.1 Å². The number of amides is 1. The molecular weight excluding hydrogens is 443 g/mol. The van der Waals surface area contributed by atoms with Gasteiger partial charge in [-0.25, -0.2) is 4.39 Å². The number of halogens is 1. The van der Waals surface area contributed by atoms with Crippen LogP contribution in [0.25, 0.3) is 0 Å². The van der Waals surface area contributed by atoms with E-state index in [1.165, 1.54) is 12.1 Å². The molecule has 0 spiro atoms. The lowest BCUT2D eigenvalue weighted by atomic mass is 9.87. The van der Waals surface area contributed by atoms with E-state index in [9.17, 15) is 9.18 Å².